The summed E-state index contributed by atoms with van der Waals surface area (Å²) in [4.78, 5) is 45.9. The minimum Gasteiger partial charge on any atom is -0.267 e. The van der Waals surface area contributed by atoms with Crippen LogP contribution in [0.2, 0.25) is 0 Å². The first-order valence-electron chi connectivity index (χ1n) is 8.16. The molecule has 0 aliphatic rings. The highest BCUT2D eigenvalue weighted by Gasteiger charge is 2.32. The van der Waals surface area contributed by atoms with Gasteiger partial charge in [0.2, 0.25) is 0 Å². The van der Waals surface area contributed by atoms with Gasteiger partial charge < -0.3 is 0 Å². The van der Waals surface area contributed by atoms with Crippen molar-refractivity contribution < 1.29 is 19.4 Å². The molecule has 1 N–H and O–H groups in total. The van der Waals surface area contributed by atoms with Crippen molar-refractivity contribution in [1.29, 1.82) is 0 Å². The van der Waals surface area contributed by atoms with E-state index in [0.29, 0.717) is 11.6 Å². The van der Waals surface area contributed by atoms with Gasteiger partial charge in [-0.15, -0.1) is 0 Å². The van der Waals surface area contributed by atoms with Gasteiger partial charge >= 0.3 is 0 Å². The standard InChI is InChI=1S/C18H18N4O6/c1-18(2,3)20(17(24)12-7-5-4-6-8-12)19-16(23)14-10-9-13(21(25)26)11-15(14)22(27)28/h4-11H,1-3H3,(H,19,23). The molecule has 0 saturated carbocycles. The molecular weight excluding hydrogens is 368 g/mol. The van der Waals surface area contributed by atoms with Crippen molar-refractivity contribution in [2.75, 3.05) is 0 Å². The van der Waals surface area contributed by atoms with E-state index in [1.165, 1.54) is 0 Å². The highest BCUT2D eigenvalue weighted by atomic mass is 16.6. The Kier molecular flexibility index (Phi) is 5.73. The van der Waals surface area contributed by atoms with E-state index in [9.17, 15) is 29.8 Å². The van der Waals surface area contributed by atoms with Crippen molar-refractivity contribution in [2.45, 2.75) is 26.3 Å². The number of nitro benzene ring substituents is 2. The Bertz CT molecular complexity index is 937. The molecule has 10 nitrogen and oxygen atoms in total. The Labute approximate surface area is 160 Å². The van der Waals surface area contributed by atoms with E-state index in [1.807, 2.05) is 0 Å². The zero-order chi connectivity index (χ0) is 21.1. The molecule has 2 amide bonds. The SMILES string of the molecule is CC(C)(C)N(NC(=O)c1ccc([N+](=O)[O-])cc1[N+](=O)[O-])C(=O)c1ccccc1. The molecule has 0 aliphatic carbocycles. The average molecular weight is 386 g/mol. The van der Waals surface area contributed by atoms with Crippen LogP contribution in [0.4, 0.5) is 11.4 Å². The Balaban J connectivity index is 2.41. The van der Waals surface area contributed by atoms with Crippen LogP contribution in [0.3, 0.4) is 0 Å². The molecule has 0 saturated heterocycles. The number of nitro groups is 2. The van der Waals surface area contributed by atoms with Gasteiger partial charge in [0.1, 0.15) is 5.56 Å². The molecule has 0 radical (unpaired) electrons. The number of amides is 2. The smallest absolute Gasteiger partial charge is 0.267 e. The Hall–Kier alpha value is -3.82. The van der Waals surface area contributed by atoms with Gasteiger partial charge in [-0.3, -0.25) is 35.2 Å². The summed E-state index contributed by atoms with van der Waals surface area (Å²) in [6.07, 6.45) is 0. The Morgan fingerprint density at radius 3 is 2.07 bits per heavy atom. The number of nitrogens with one attached hydrogen (secondary N) is 1. The summed E-state index contributed by atoms with van der Waals surface area (Å²) in [6.45, 7) is 5.04. The van der Waals surface area contributed by atoms with E-state index in [4.69, 9.17) is 0 Å². The van der Waals surface area contributed by atoms with Gasteiger partial charge in [0.25, 0.3) is 23.2 Å². The highest BCUT2D eigenvalue weighted by Crippen LogP contribution is 2.25. The second-order valence-electron chi connectivity index (χ2n) is 6.83. The zero-order valence-corrected chi connectivity index (χ0v) is 15.4. The molecule has 0 heterocycles. The topological polar surface area (TPSA) is 136 Å². The maximum absolute atomic E-state index is 12.8. The van der Waals surface area contributed by atoms with Crippen molar-refractivity contribution in [3.63, 3.8) is 0 Å². The van der Waals surface area contributed by atoms with Crippen molar-refractivity contribution in [3.8, 4) is 0 Å². The van der Waals surface area contributed by atoms with Gasteiger partial charge in [0.05, 0.1) is 21.5 Å². The van der Waals surface area contributed by atoms with E-state index in [2.05, 4.69) is 5.43 Å². The maximum atomic E-state index is 12.8. The molecule has 0 bridgehead atoms. The monoisotopic (exact) mass is 386 g/mol. The number of carbonyl (C=O) groups excluding carboxylic acids is 2. The van der Waals surface area contributed by atoms with Crippen molar-refractivity contribution in [1.82, 2.24) is 10.4 Å². The third kappa shape index (κ3) is 4.47. The lowest BCUT2D eigenvalue weighted by atomic mass is 10.1. The minimum atomic E-state index is -0.930. The summed E-state index contributed by atoms with van der Waals surface area (Å²) in [5.41, 5.74) is 0.209. The summed E-state index contributed by atoms with van der Waals surface area (Å²) in [6, 6.07) is 10.9. The number of benzene rings is 2. The third-order valence-corrected chi connectivity index (χ3v) is 3.74. The lowest BCUT2D eigenvalue weighted by molar-refractivity contribution is -0.394. The number of carbonyl (C=O) groups is 2. The minimum absolute atomic E-state index is 0.316. The molecular formula is C18H18N4O6. The molecule has 10 heteroatoms. The number of hydrazine groups is 1. The van der Waals surface area contributed by atoms with Gasteiger partial charge in [-0.2, -0.15) is 0 Å². The van der Waals surface area contributed by atoms with Crippen LogP contribution in [-0.4, -0.2) is 32.2 Å². The molecule has 2 aromatic carbocycles. The predicted octanol–water partition coefficient (Wildman–Crippen LogP) is 3.09. The largest absolute Gasteiger partial charge is 0.289 e. The first-order valence-corrected chi connectivity index (χ1v) is 8.16. The summed E-state index contributed by atoms with van der Waals surface area (Å²) in [5.74, 6) is -1.44. The zero-order valence-electron chi connectivity index (χ0n) is 15.4. The molecule has 0 fully saturated rings. The van der Waals surface area contributed by atoms with Crippen LogP contribution in [-0.2, 0) is 0 Å². The van der Waals surface area contributed by atoms with Crippen LogP contribution in [0.15, 0.2) is 48.5 Å². The second-order valence-corrected chi connectivity index (χ2v) is 6.83. The molecule has 0 aromatic heterocycles. The van der Waals surface area contributed by atoms with Crippen molar-refractivity contribution >= 4 is 23.2 Å². The molecule has 0 atom stereocenters. The molecule has 2 aromatic rings. The van der Waals surface area contributed by atoms with Crippen LogP contribution in [0.1, 0.15) is 41.5 Å². The maximum Gasteiger partial charge on any atom is 0.289 e. The van der Waals surface area contributed by atoms with E-state index in [1.54, 1.807) is 51.1 Å². The van der Waals surface area contributed by atoms with Crippen LogP contribution in [0.25, 0.3) is 0 Å². The molecule has 146 valence electrons. The molecule has 0 aliphatic heterocycles. The van der Waals surface area contributed by atoms with Crippen LogP contribution >= 0.6 is 0 Å². The normalized spacial score (nSPS) is 10.8. The molecule has 2 rings (SSSR count). The quantitative estimate of drug-likeness (QED) is 0.633. The van der Waals surface area contributed by atoms with E-state index in [-0.39, 0.29) is 0 Å². The number of hydrogen-bond donors (Lipinski definition) is 1. The van der Waals surface area contributed by atoms with Crippen LogP contribution in [0.5, 0.6) is 0 Å². The second kappa shape index (κ2) is 7.82. The van der Waals surface area contributed by atoms with Gasteiger partial charge in [0.15, 0.2) is 0 Å². The fourth-order valence-corrected chi connectivity index (χ4v) is 2.37. The van der Waals surface area contributed by atoms with E-state index >= 15 is 0 Å². The van der Waals surface area contributed by atoms with Crippen LogP contribution in [0, 0.1) is 20.2 Å². The highest BCUT2D eigenvalue weighted by molar-refractivity contribution is 6.01. The number of non-ortho nitro benzene ring substituents is 1. The average Bonchev–Trinajstić information content (AvgIpc) is 2.64. The lowest BCUT2D eigenvalue weighted by Gasteiger charge is -2.35. The summed E-state index contributed by atoms with van der Waals surface area (Å²) in [7, 11) is 0. The van der Waals surface area contributed by atoms with E-state index in [0.717, 1.165) is 17.1 Å². The van der Waals surface area contributed by atoms with Crippen LogP contribution < -0.4 is 5.43 Å². The molecule has 0 unspecified atom stereocenters. The number of hydrogen-bond acceptors (Lipinski definition) is 6. The summed E-state index contributed by atoms with van der Waals surface area (Å²) < 4.78 is 0. The van der Waals surface area contributed by atoms with Gasteiger partial charge in [-0.05, 0) is 39.0 Å². The Morgan fingerprint density at radius 2 is 1.57 bits per heavy atom. The van der Waals surface area contributed by atoms with Crippen molar-refractivity contribution in [2.24, 2.45) is 0 Å². The number of rotatable bonds is 4. The van der Waals surface area contributed by atoms with E-state index < -0.39 is 44.1 Å². The molecule has 28 heavy (non-hydrogen) atoms. The number of nitrogens with zero attached hydrogens (tertiary/aromatic N) is 3. The predicted molar refractivity (Wildman–Crippen MR) is 99.6 cm³/mol. The fourth-order valence-electron chi connectivity index (χ4n) is 2.37. The van der Waals surface area contributed by atoms with Crippen molar-refractivity contribution in [3.05, 3.63) is 79.9 Å². The fraction of sp³-hybridized carbons (Fsp3) is 0.222. The third-order valence-electron chi connectivity index (χ3n) is 3.74. The van der Waals surface area contributed by atoms with Gasteiger partial charge in [-0.1, -0.05) is 18.2 Å². The summed E-state index contributed by atoms with van der Waals surface area (Å²) in [5, 5.41) is 23.2. The van der Waals surface area contributed by atoms with Gasteiger partial charge in [-0.25, -0.2) is 5.01 Å². The molecule has 0 spiro atoms. The van der Waals surface area contributed by atoms with Gasteiger partial charge in [0, 0.05) is 11.6 Å². The Morgan fingerprint density at radius 1 is 0.964 bits per heavy atom. The lowest BCUT2D eigenvalue weighted by Crippen LogP contribution is -2.55. The first kappa shape index (κ1) is 20.5. The first-order chi connectivity index (χ1) is 13.0. The summed E-state index contributed by atoms with van der Waals surface area (Å²) >= 11 is 0.